The lowest BCUT2D eigenvalue weighted by Gasteiger charge is -1.93. The van der Waals surface area contributed by atoms with Crippen LogP contribution in [-0.2, 0) is 11.2 Å². The molecule has 2 aromatic heterocycles. The van der Waals surface area contributed by atoms with Crippen LogP contribution in [0.5, 0.6) is 0 Å². The second-order valence-electron chi connectivity index (χ2n) is 2.94. The van der Waals surface area contributed by atoms with Gasteiger partial charge in [-0.2, -0.15) is 0 Å². The van der Waals surface area contributed by atoms with Crippen LogP contribution in [-0.4, -0.2) is 22.0 Å². The van der Waals surface area contributed by atoms with Crippen LogP contribution < -0.4 is 5.32 Å². The summed E-state index contributed by atoms with van der Waals surface area (Å²) in [5, 5.41) is 13.8. The lowest BCUT2D eigenvalue weighted by atomic mass is 10.4. The van der Waals surface area contributed by atoms with Gasteiger partial charge in [-0.25, -0.2) is 0 Å². The highest BCUT2D eigenvalue weighted by molar-refractivity contribution is 7.15. The fourth-order valence-electron chi connectivity index (χ4n) is 1.09. The first kappa shape index (κ1) is 11.5. The van der Waals surface area contributed by atoms with Crippen LogP contribution in [0.15, 0.2) is 17.5 Å². The molecule has 7 heteroatoms. The molecule has 0 saturated carbocycles. The minimum Gasteiger partial charge on any atom is -0.299 e. The Morgan fingerprint density at radius 3 is 3.06 bits per heavy atom. The Labute approximate surface area is 105 Å². The van der Waals surface area contributed by atoms with E-state index < -0.39 is 0 Å². The Morgan fingerprint density at radius 1 is 1.50 bits per heavy atom. The number of hydrogen-bond donors (Lipinski definition) is 1. The minimum atomic E-state index is -0.263. The van der Waals surface area contributed by atoms with Crippen molar-refractivity contribution >= 4 is 45.3 Å². The molecule has 0 aliphatic rings. The van der Waals surface area contributed by atoms with Gasteiger partial charge in [-0.3, -0.25) is 10.1 Å². The fourth-order valence-corrected chi connectivity index (χ4v) is 2.74. The molecule has 0 aliphatic carbocycles. The van der Waals surface area contributed by atoms with Crippen LogP contribution in [0, 0.1) is 0 Å². The van der Waals surface area contributed by atoms with E-state index in [4.69, 9.17) is 11.6 Å². The number of carbonyl (C=O) groups excluding carboxylic acids is 1. The third kappa shape index (κ3) is 3.01. The maximum Gasteiger partial charge on any atom is 0.241 e. The Kier molecular flexibility index (Phi) is 3.87. The van der Waals surface area contributed by atoms with Gasteiger partial charge < -0.3 is 0 Å². The summed E-state index contributed by atoms with van der Waals surface area (Å²) >= 11 is 8.41. The van der Waals surface area contributed by atoms with Crippen LogP contribution in [0.2, 0.25) is 0 Å². The molecule has 2 heterocycles. The monoisotopic (exact) mass is 273 g/mol. The molecular formula is C9H8ClN3OS2. The summed E-state index contributed by atoms with van der Waals surface area (Å²) in [4.78, 5) is 12.2. The van der Waals surface area contributed by atoms with E-state index in [-0.39, 0.29) is 11.8 Å². The minimum absolute atomic E-state index is 0.0696. The van der Waals surface area contributed by atoms with E-state index >= 15 is 0 Å². The normalized spacial score (nSPS) is 10.3. The average molecular weight is 274 g/mol. The third-order valence-electron chi connectivity index (χ3n) is 1.74. The number of thiophene rings is 1. The molecule has 16 heavy (non-hydrogen) atoms. The van der Waals surface area contributed by atoms with Crippen LogP contribution in [0.3, 0.4) is 0 Å². The number of amides is 1. The number of alkyl halides is 1. The summed E-state index contributed by atoms with van der Waals surface area (Å²) in [6.45, 7) is 0. The van der Waals surface area contributed by atoms with Gasteiger partial charge in [0.15, 0.2) is 0 Å². The molecule has 0 aromatic carbocycles. The number of carbonyl (C=O) groups is 1. The standard InChI is InChI=1S/C9H8ClN3OS2/c10-5-7(14)11-9-13-12-8(16-9)4-6-2-1-3-15-6/h1-3H,4-5H2,(H,11,13,14). The Hall–Kier alpha value is -0.980. The zero-order valence-electron chi connectivity index (χ0n) is 8.14. The molecule has 0 aliphatic heterocycles. The maximum absolute atomic E-state index is 11.0. The van der Waals surface area contributed by atoms with Gasteiger partial charge >= 0.3 is 0 Å². The van der Waals surface area contributed by atoms with Crippen molar-refractivity contribution in [1.82, 2.24) is 10.2 Å². The van der Waals surface area contributed by atoms with Gasteiger partial charge in [0.2, 0.25) is 11.0 Å². The summed E-state index contributed by atoms with van der Waals surface area (Å²) < 4.78 is 0. The number of rotatable bonds is 4. The van der Waals surface area contributed by atoms with Crippen molar-refractivity contribution in [1.29, 1.82) is 0 Å². The Morgan fingerprint density at radius 2 is 2.38 bits per heavy atom. The molecule has 84 valence electrons. The number of nitrogens with zero attached hydrogens (tertiary/aromatic N) is 2. The first-order valence-electron chi connectivity index (χ1n) is 4.48. The number of aromatic nitrogens is 2. The van der Waals surface area contributed by atoms with Crippen LogP contribution in [0.1, 0.15) is 9.88 Å². The molecular weight excluding hydrogens is 266 g/mol. The summed E-state index contributed by atoms with van der Waals surface area (Å²) in [6.07, 6.45) is 0.756. The molecule has 0 spiro atoms. The van der Waals surface area contributed by atoms with Gasteiger partial charge in [0.1, 0.15) is 10.9 Å². The van der Waals surface area contributed by atoms with E-state index in [1.165, 1.54) is 16.2 Å². The molecule has 0 radical (unpaired) electrons. The van der Waals surface area contributed by atoms with Crippen molar-refractivity contribution in [3.05, 3.63) is 27.4 Å². The third-order valence-corrected chi connectivity index (χ3v) is 3.70. The fraction of sp³-hybridized carbons (Fsp3) is 0.222. The maximum atomic E-state index is 11.0. The van der Waals surface area contributed by atoms with E-state index in [1.807, 2.05) is 17.5 Å². The molecule has 1 amide bonds. The van der Waals surface area contributed by atoms with Crippen LogP contribution in [0.25, 0.3) is 0 Å². The van der Waals surface area contributed by atoms with Crippen LogP contribution >= 0.6 is 34.3 Å². The van der Waals surface area contributed by atoms with E-state index in [0.717, 1.165) is 11.4 Å². The van der Waals surface area contributed by atoms with Gasteiger partial charge in [-0.1, -0.05) is 17.4 Å². The lowest BCUT2D eigenvalue weighted by Crippen LogP contribution is -2.12. The molecule has 2 rings (SSSR count). The second kappa shape index (κ2) is 5.38. The molecule has 2 aromatic rings. The Bertz CT molecular complexity index is 469. The second-order valence-corrected chi connectivity index (χ2v) is 5.30. The number of anilines is 1. The molecule has 0 bridgehead atoms. The summed E-state index contributed by atoms with van der Waals surface area (Å²) in [5.41, 5.74) is 0. The van der Waals surface area contributed by atoms with Crippen molar-refractivity contribution in [2.24, 2.45) is 0 Å². The SMILES string of the molecule is O=C(CCl)Nc1nnc(Cc2cccs2)s1. The van der Waals surface area contributed by atoms with Crippen LogP contribution in [0.4, 0.5) is 5.13 Å². The quantitative estimate of drug-likeness (QED) is 0.870. The molecule has 4 nitrogen and oxygen atoms in total. The molecule has 0 fully saturated rings. The van der Waals surface area contributed by atoms with Gasteiger partial charge in [0.05, 0.1) is 0 Å². The first-order valence-corrected chi connectivity index (χ1v) is 6.71. The van der Waals surface area contributed by atoms with Gasteiger partial charge in [-0.05, 0) is 11.4 Å². The first-order chi connectivity index (χ1) is 7.78. The van der Waals surface area contributed by atoms with E-state index in [9.17, 15) is 4.79 Å². The van der Waals surface area contributed by atoms with E-state index in [1.54, 1.807) is 11.3 Å². The lowest BCUT2D eigenvalue weighted by molar-refractivity contribution is -0.113. The van der Waals surface area contributed by atoms with Gasteiger partial charge in [0, 0.05) is 11.3 Å². The zero-order chi connectivity index (χ0) is 11.4. The van der Waals surface area contributed by atoms with Crippen molar-refractivity contribution in [2.75, 3.05) is 11.2 Å². The smallest absolute Gasteiger partial charge is 0.241 e. The predicted octanol–water partition coefficient (Wildman–Crippen LogP) is 2.37. The Balaban J connectivity index is 1.99. The molecule has 0 saturated heterocycles. The molecule has 1 N–H and O–H groups in total. The highest BCUT2D eigenvalue weighted by Crippen LogP contribution is 2.20. The van der Waals surface area contributed by atoms with Crippen molar-refractivity contribution < 1.29 is 4.79 Å². The summed E-state index contributed by atoms with van der Waals surface area (Å²) in [5.74, 6) is -0.333. The average Bonchev–Trinajstić information content (AvgIpc) is 2.91. The van der Waals surface area contributed by atoms with E-state index in [0.29, 0.717) is 5.13 Å². The predicted molar refractivity (Wildman–Crippen MR) is 66.4 cm³/mol. The number of nitrogens with one attached hydrogen (secondary N) is 1. The van der Waals surface area contributed by atoms with Crippen molar-refractivity contribution in [3.63, 3.8) is 0 Å². The van der Waals surface area contributed by atoms with Gasteiger partial charge in [-0.15, -0.1) is 33.1 Å². The molecule has 0 atom stereocenters. The highest BCUT2D eigenvalue weighted by atomic mass is 35.5. The molecule has 0 unspecified atom stereocenters. The van der Waals surface area contributed by atoms with Gasteiger partial charge in [0.25, 0.3) is 0 Å². The summed E-state index contributed by atoms with van der Waals surface area (Å²) in [6, 6.07) is 4.04. The number of halogens is 1. The highest BCUT2D eigenvalue weighted by Gasteiger charge is 2.07. The topological polar surface area (TPSA) is 54.9 Å². The largest absolute Gasteiger partial charge is 0.299 e. The zero-order valence-corrected chi connectivity index (χ0v) is 10.5. The van der Waals surface area contributed by atoms with Crippen molar-refractivity contribution in [3.8, 4) is 0 Å². The summed E-state index contributed by atoms with van der Waals surface area (Å²) in [7, 11) is 0. The number of hydrogen-bond acceptors (Lipinski definition) is 5. The van der Waals surface area contributed by atoms with E-state index in [2.05, 4.69) is 15.5 Å². The van der Waals surface area contributed by atoms with Crippen molar-refractivity contribution in [2.45, 2.75) is 6.42 Å².